The van der Waals surface area contributed by atoms with E-state index in [4.69, 9.17) is 4.42 Å². The first-order chi connectivity index (χ1) is 10.2. The molecule has 5 nitrogen and oxygen atoms in total. The zero-order valence-corrected chi connectivity index (χ0v) is 12.6. The lowest BCUT2D eigenvalue weighted by molar-refractivity contribution is 0.0696. The molecule has 2 aromatic rings. The van der Waals surface area contributed by atoms with Gasteiger partial charge in [-0.25, -0.2) is 4.79 Å². The molecule has 1 aromatic heterocycles. The van der Waals surface area contributed by atoms with E-state index in [0.717, 1.165) is 26.2 Å². The number of carboxylic acid groups (broad SMARTS) is 1. The molecule has 5 heteroatoms. The van der Waals surface area contributed by atoms with Gasteiger partial charge in [0.05, 0.1) is 6.54 Å². The van der Waals surface area contributed by atoms with Crippen LogP contribution in [0.5, 0.6) is 0 Å². The molecule has 0 amide bonds. The van der Waals surface area contributed by atoms with E-state index in [9.17, 15) is 9.90 Å². The minimum Gasteiger partial charge on any atom is -0.478 e. The number of benzene rings is 1. The van der Waals surface area contributed by atoms with Gasteiger partial charge in [0.15, 0.2) is 0 Å². The van der Waals surface area contributed by atoms with Gasteiger partial charge in [-0.15, -0.1) is 0 Å². The molecule has 0 aliphatic rings. The highest BCUT2D eigenvalue weighted by Gasteiger charge is 2.19. The zero-order chi connectivity index (χ0) is 15.2. The molecule has 0 aliphatic heterocycles. The van der Waals surface area contributed by atoms with Crippen LogP contribution in [0.2, 0.25) is 0 Å². The second-order valence-electron chi connectivity index (χ2n) is 4.91. The number of hydrogen-bond donors (Lipinski definition) is 2. The summed E-state index contributed by atoms with van der Waals surface area (Å²) >= 11 is 0. The van der Waals surface area contributed by atoms with Crippen LogP contribution in [0.25, 0.3) is 11.0 Å². The SMILES string of the molecule is CCN(CC)CCNCc1oc2ccccc2c1C(=O)O. The number of fused-ring (bicyclic) bond motifs is 1. The number of nitrogens with one attached hydrogen (secondary N) is 1. The fraction of sp³-hybridized carbons (Fsp3) is 0.438. The van der Waals surface area contributed by atoms with Crippen molar-refractivity contribution in [2.45, 2.75) is 20.4 Å². The molecule has 0 spiro atoms. The molecule has 1 aromatic carbocycles. The summed E-state index contributed by atoms with van der Waals surface area (Å²) in [6.07, 6.45) is 0. The predicted molar refractivity (Wildman–Crippen MR) is 82.7 cm³/mol. The maximum absolute atomic E-state index is 11.4. The van der Waals surface area contributed by atoms with E-state index in [1.807, 2.05) is 12.1 Å². The predicted octanol–water partition coefficient (Wildman–Crippen LogP) is 2.56. The van der Waals surface area contributed by atoms with Crippen LogP contribution in [0.15, 0.2) is 28.7 Å². The Hall–Kier alpha value is -1.85. The number of nitrogens with zero attached hydrogens (tertiary/aromatic N) is 1. The molecule has 0 radical (unpaired) electrons. The highest BCUT2D eigenvalue weighted by molar-refractivity contribution is 6.03. The van der Waals surface area contributed by atoms with Crippen LogP contribution >= 0.6 is 0 Å². The third kappa shape index (κ3) is 3.62. The molecule has 0 saturated heterocycles. The molecule has 0 aliphatic carbocycles. The van der Waals surface area contributed by atoms with Gasteiger partial charge in [-0.2, -0.15) is 0 Å². The van der Waals surface area contributed by atoms with Gasteiger partial charge in [-0.3, -0.25) is 0 Å². The number of para-hydroxylation sites is 1. The van der Waals surface area contributed by atoms with Crippen LogP contribution in [0.4, 0.5) is 0 Å². The standard InChI is InChI=1S/C16H22N2O3/c1-3-18(4-2)10-9-17-11-14-15(16(19)20)12-7-5-6-8-13(12)21-14/h5-8,17H,3-4,9-11H2,1-2H3,(H,19,20). The molecule has 0 unspecified atom stereocenters. The molecule has 114 valence electrons. The van der Waals surface area contributed by atoms with Gasteiger partial charge in [-0.1, -0.05) is 32.0 Å². The Morgan fingerprint density at radius 2 is 2.00 bits per heavy atom. The summed E-state index contributed by atoms with van der Waals surface area (Å²) in [7, 11) is 0. The Bertz CT molecular complexity index is 603. The van der Waals surface area contributed by atoms with Crippen LogP contribution in [0.3, 0.4) is 0 Å². The maximum atomic E-state index is 11.4. The van der Waals surface area contributed by atoms with Gasteiger partial charge in [0.25, 0.3) is 0 Å². The number of carbonyl (C=O) groups is 1. The van der Waals surface area contributed by atoms with Crippen molar-refractivity contribution in [2.75, 3.05) is 26.2 Å². The van der Waals surface area contributed by atoms with Crippen molar-refractivity contribution < 1.29 is 14.3 Å². The van der Waals surface area contributed by atoms with E-state index in [0.29, 0.717) is 23.3 Å². The third-order valence-electron chi connectivity index (χ3n) is 3.67. The van der Waals surface area contributed by atoms with Crippen molar-refractivity contribution in [3.05, 3.63) is 35.6 Å². The van der Waals surface area contributed by atoms with Gasteiger partial charge in [0.1, 0.15) is 16.9 Å². The van der Waals surface area contributed by atoms with Crippen molar-refractivity contribution in [1.82, 2.24) is 10.2 Å². The summed E-state index contributed by atoms with van der Waals surface area (Å²) in [4.78, 5) is 13.7. The van der Waals surface area contributed by atoms with Crippen LogP contribution in [-0.2, 0) is 6.54 Å². The van der Waals surface area contributed by atoms with E-state index >= 15 is 0 Å². The molecule has 1 heterocycles. The monoisotopic (exact) mass is 290 g/mol. The summed E-state index contributed by atoms with van der Waals surface area (Å²) in [6.45, 7) is 8.47. The van der Waals surface area contributed by atoms with Crippen LogP contribution in [-0.4, -0.2) is 42.2 Å². The summed E-state index contributed by atoms with van der Waals surface area (Å²) < 4.78 is 5.66. The van der Waals surface area contributed by atoms with E-state index in [1.165, 1.54) is 0 Å². The van der Waals surface area contributed by atoms with E-state index in [-0.39, 0.29) is 5.56 Å². The zero-order valence-electron chi connectivity index (χ0n) is 12.6. The molecular formula is C16H22N2O3. The minimum atomic E-state index is -0.944. The summed E-state index contributed by atoms with van der Waals surface area (Å²) in [5.41, 5.74) is 0.886. The number of likely N-dealkylation sites (N-methyl/N-ethyl adjacent to an activating group) is 1. The molecule has 0 bridgehead atoms. The number of hydrogen-bond acceptors (Lipinski definition) is 4. The van der Waals surface area contributed by atoms with Gasteiger partial charge >= 0.3 is 5.97 Å². The highest BCUT2D eigenvalue weighted by atomic mass is 16.4. The molecular weight excluding hydrogens is 268 g/mol. The van der Waals surface area contributed by atoms with Crippen molar-refractivity contribution in [3.63, 3.8) is 0 Å². The second-order valence-corrected chi connectivity index (χ2v) is 4.91. The lowest BCUT2D eigenvalue weighted by atomic mass is 10.1. The first kappa shape index (κ1) is 15.5. The first-order valence-corrected chi connectivity index (χ1v) is 7.34. The number of aromatic carboxylic acids is 1. The normalized spacial score (nSPS) is 11.4. The lowest BCUT2D eigenvalue weighted by Gasteiger charge is -2.17. The highest BCUT2D eigenvalue weighted by Crippen LogP contribution is 2.25. The maximum Gasteiger partial charge on any atom is 0.339 e. The molecule has 21 heavy (non-hydrogen) atoms. The van der Waals surface area contributed by atoms with Gasteiger partial charge in [0.2, 0.25) is 0 Å². The first-order valence-electron chi connectivity index (χ1n) is 7.34. The van der Waals surface area contributed by atoms with Crippen molar-refractivity contribution >= 4 is 16.9 Å². The lowest BCUT2D eigenvalue weighted by Crippen LogP contribution is -2.31. The Kier molecular flexibility index (Phi) is 5.36. The fourth-order valence-electron chi connectivity index (χ4n) is 2.43. The summed E-state index contributed by atoms with van der Waals surface area (Å²) in [5, 5.41) is 13.3. The largest absolute Gasteiger partial charge is 0.478 e. The average Bonchev–Trinajstić information content (AvgIpc) is 2.85. The Morgan fingerprint density at radius 3 is 2.67 bits per heavy atom. The van der Waals surface area contributed by atoms with Gasteiger partial charge < -0.3 is 19.7 Å². The molecule has 0 atom stereocenters. The van der Waals surface area contributed by atoms with Crippen molar-refractivity contribution in [3.8, 4) is 0 Å². The summed E-state index contributed by atoms with van der Waals surface area (Å²) in [6, 6.07) is 7.24. The third-order valence-corrected chi connectivity index (χ3v) is 3.67. The quantitative estimate of drug-likeness (QED) is 0.731. The van der Waals surface area contributed by atoms with E-state index < -0.39 is 5.97 Å². The van der Waals surface area contributed by atoms with Crippen LogP contribution in [0, 0.1) is 0 Å². The van der Waals surface area contributed by atoms with Gasteiger partial charge in [-0.05, 0) is 19.2 Å². The smallest absolute Gasteiger partial charge is 0.339 e. The number of furan rings is 1. The molecule has 2 N–H and O–H groups in total. The molecule has 2 rings (SSSR count). The minimum absolute atomic E-state index is 0.265. The molecule has 0 saturated carbocycles. The van der Waals surface area contributed by atoms with Crippen molar-refractivity contribution in [1.29, 1.82) is 0 Å². The number of carboxylic acids is 1. The van der Waals surface area contributed by atoms with Crippen molar-refractivity contribution in [2.24, 2.45) is 0 Å². The average molecular weight is 290 g/mol. The van der Waals surface area contributed by atoms with Crippen LogP contribution in [0.1, 0.15) is 30.0 Å². The van der Waals surface area contributed by atoms with Crippen LogP contribution < -0.4 is 5.32 Å². The van der Waals surface area contributed by atoms with Gasteiger partial charge in [0, 0.05) is 18.5 Å². The Morgan fingerprint density at radius 1 is 1.29 bits per heavy atom. The second kappa shape index (κ2) is 7.24. The van der Waals surface area contributed by atoms with E-state index in [2.05, 4.69) is 24.1 Å². The fourth-order valence-corrected chi connectivity index (χ4v) is 2.43. The number of rotatable bonds is 8. The van der Waals surface area contributed by atoms with E-state index in [1.54, 1.807) is 12.1 Å². The Balaban J connectivity index is 2.05. The Labute approximate surface area is 124 Å². The molecule has 0 fully saturated rings. The summed E-state index contributed by atoms with van der Waals surface area (Å²) in [5.74, 6) is -0.455. The topological polar surface area (TPSA) is 65.7 Å².